The molecule has 66 valence electrons. The number of hydrogen-bond donors (Lipinski definition) is 1. The summed E-state index contributed by atoms with van der Waals surface area (Å²) in [5.41, 5.74) is 0.388. The van der Waals surface area contributed by atoms with Crippen molar-refractivity contribution in [3.05, 3.63) is 28.5 Å². The van der Waals surface area contributed by atoms with Crippen molar-refractivity contribution in [2.75, 3.05) is 7.11 Å². The Morgan fingerprint density at radius 2 is 2.25 bits per heavy atom. The Kier molecular flexibility index (Phi) is 2.89. The molecule has 0 aliphatic rings. The van der Waals surface area contributed by atoms with Crippen molar-refractivity contribution in [2.45, 2.75) is 6.61 Å². The third-order valence-corrected chi connectivity index (χ3v) is 1.78. The number of rotatable bonds is 2. The SMILES string of the molecule is COc1cc(Cl)c(F)cc1CO. The number of ether oxygens (including phenoxy) is 1. The lowest BCUT2D eigenvalue weighted by atomic mass is 10.2. The molecule has 12 heavy (non-hydrogen) atoms. The Balaban J connectivity index is 3.19. The molecule has 4 heteroatoms. The maximum Gasteiger partial charge on any atom is 0.142 e. The summed E-state index contributed by atoms with van der Waals surface area (Å²) in [6.07, 6.45) is 0. The third-order valence-electron chi connectivity index (χ3n) is 1.49. The quantitative estimate of drug-likeness (QED) is 0.773. The minimum absolute atomic E-state index is 0.0101. The number of methoxy groups -OCH3 is 1. The van der Waals surface area contributed by atoms with Crippen LogP contribution in [0.1, 0.15) is 5.56 Å². The maximum absolute atomic E-state index is 12.8. The fraction of sp³-hybridized carbons (Fsp3) is 0.250. The summed E-state index contributed by atoms with van der Waals surface area (Å²) in [6.45, 7) is -0.267. The molecule has 0 bridgehead atoms. The molecule has 1 aromatic carbocycles. The average molecular weight is 191 g/mol. The highest BCUT2D eigenvalue weighted by Crippen LogP contribution is 2.25. The minimum Gasteiger partial charge on any atom is -0.496 e. The molecule has 1 aromatic rings. The van der Waals surface area contributed by atoms with Crippen LogP contribution >= 0.6 is 11.6 Å². The van der Waals surface area contributed by atoms with Crippen molar-refractivity contribution >= 4 is 11.6 Å². The largest absolute Gasteiger partial charge is 0.496 e. The average Bonchev–Trinajstić information content (AvgIpc) is 2.09. The lowest BCUT2D eigenvalue weighted by molar-refractivity contribution is 0.273. The van der Waals surface area contributed by atoms with Gasteiger partial charge in [0.15, 0.2) is 0 Å². The van der Waals surface area contributed by atoms with Crippen LogP contribution in [0.4, 0.5) is 4.39 Å². The van der Waals surface area contributed by atoms with Crippen molar-refractivity contribution in [3.63, 3.8) is 0 Å². The first-order valence-electron chi connectivity index (χ1n) is 3.31. The summed E-state index contributed by atoms with van der Waals surface area (Å²) >= 11 is 5.48. The highest BCUT2D eigenvalue weighted by Gasteiger charge is 2.07. The first kappa shape index (κ1) is 9.29. The number of benzene rings is 1. The van der Waals surface area contributed by atoms with Gasteiger partial charge < -0.3 is 9.84 Å². The van der Waals surface area contributed by atoms with Crippen molar-refractivity contribution < 1.29 is 14.2 Å². The number of hydrogen-bond acceptors (Lipinski definition) is 2. The molecule has 0 aliphatic carbocycles. The molecule has 0 fully saturated rings. The van der Waals surface area contributed by atoms with Crippen LogP contribution in [-0.4, -0.2) is 12.2 Å². The first-order valence-corrected chi connectivity index (χ1v) is 3.69. The van der Waals surface area contributed by atoms with Gasteiger partial charge in [-0.15, -0.1) is 0 Å². The van der Waals surface area contributed by atoms with Crippen LogP contribution in [0.5, 0.6) is 5.75 Å². The summed E-state index contributed by atoms with van der Waals surface area (Å²) < 4.78 is 17.6. The molecule has 0 aliphatic heterocycles. The van der Waals surface area contributed by atoms with E-state index in [2.05, 4.69) is 0 Å². The molecule has 0 radical (unpaired) electrons. The van der Waals surface area contributed by atoms with Gasteiger partial charge in [0.1, 0.15) is 11.6 Å². The summed E-state index contributed by atoms with van der Waals surface area (Å²) in [5.74, 6) is -0.162. The van der Waals surface area contributed by atoms with E-state index in [9.17, 15) is 4.39 Å². The van der Waals surface area contributed by atoms with Crippen molar-refractivity contribution in [2.24, 2.45) is 0 Å². The van der Waals surface area contributed by atoms with Gasteiger partial charge in [-0.3, -0.25) is 0 Å². The highest BCUT2D eigenvalue weighted by molar-refractivity contribution is 6.30. The zero-order valence-electron chi connectivity index (χ0n) is 6.47. The van der Waals surface area contributed by atoms with E-state index < -0.39 is 5.82 Å². The lowest BCUT2D eigenvalue weighted by Crippen LogP contribution is -1.93. The Bertz CT molecular complexity index is 260. The van der Waals surface area contributed by atoms with Gasteiger partial charge in [-0.2, -0.15) is 0 Å². The van der Waals surface area contributed by atoms with Crippen molar-refractivity contribution in [1.29, 1.82) is 0 Å². The zero-order chi connectivity index (χ0) is 9.14. The van der Waals surface area contributed by atoms with Crippen LogP contribution in [0.2, 0.25) is 5.02 Å². The van der Waals surface area contributed by atoms with Crippen LogP contribution in [0.25, 0.3) is 0 Å². The van der Waals surface area contributed by atoms with Crippen molar-refractivity contribution in [1.82, 2.24) is 0 Å². The van der Waals surface area contributed by atoms with Crippen LogP contribution in [0.3, 0.4) is 0 Å². The molecule has 1 N–H and O–H groups in total. The summed E-state index contributed by atoms with van der Waals surface area (Å²) in [4.78, 5) is 0. The molecular formula is C8H8ClFO2. The minimum atomic E-state index is -0.554. The highest BCUT2D eigenvalue weighted by atomic mass is 35.5. The van der Waals surface area contributed by atoms with Crippen molar-refractivity contribution in [3.8, 4) is 5.75 Å². The van der Waals surface area contributed by atoms with Gasteiger partial charge in [0.05, 0.1) is 18.7 Å². The van der Waals surface area contributed by atoms with Gasteiger partial charge in [0.25, 0.3) is 0 Å². The van der Waals surface area contributed by atoms with E-state index in [4.69, 9.17) is 21.4 Å². The monoisotopic (exact) mass is 190 g/mol. The van der Waals surface area contributed by atoms with E-state index in [1.807, 2.05) is 0 Å². The van der Waals surface area contributed by atoms with Gasteiger partial charge in [0, 0.05) is 11.6 Å². The Hall–Kier alpha value is -0.800. The van der Waals surface area contributed by atoms with E-state index >= 15 is 0 Å². The topological polar surface area (TPSA) is 29.5 Å². The predicted octanol–water partition coefficient (Wildman–Crippen LogP) is 1.98. The van der Waals surface area contributed by atoms with Gasteiger partial charge in [0.2, 0.25) is 0 Å². The molecule has 0 unspecified atom stereocenters. The second kappa shape index (κ2) is 3.74. The van der Waals surface area contributed by atoms with Gasteiger partial charge in [-0.05, 0) is 6.07 Å². The molecule has 0 aromatic heterocycles. The molecule has 1 rings (SSSR count). The van der Waals surface area contributed by atoms with E-state index in [0.717, 1.165) is 6.07 Å². The smallest absolute Gasteiger partial charge is 0.142 e. The normalized spacial score (nSPS) is 10.0. The van der Waals surface area contributed by atoms with Crippen LogP contribution in [0, 0.1) is 5.82 Å². The number of aliphatic hydroxyl groups excluding tert-OH is 1. The van der Waals surface area contributed by atoms with Gasteiger partial charge >= 0.3 is 0 Å². The van der Waals surface area contributed by atoms with Crippen LogP contribution in [0.15, 0.2) is 12.1 Å². The van der Waals surface area contributed by atoms with Crippen LogP contribution in [-0.2, 0) is 6.61 Å². The molecule has 0 saturated carbocycles. The second-order valence-electron chi connectivity index (χ2n) is 2.24. The maximum atomic E-state index is 12.8. The molecule has 0 amide bonds. The zero-order valence-corrected chi connectivity index (χ0v) is 7.23. The van der Waals surface area contributed by atoms with E-state index in [0.29, 0.717) is 11.3 Å². The Morgan fingerprint density at radius 1 is 1.58 bits per heavy atom. The molecule has 2 nitrogen and oxygen atoms in total. The predicted molar refractivity (Wildman–Crippen MR) is 43.9 cm³/mol. The fourth-order valence-electron chi connectivity index (χ4n) is 0.883. The molecule has 0 heterocycles. The van der Waals surface area contributed by atoms with Gasteiger partial charge in [-0.1, -0.05) is 11.6 Å². The first-order chi connectivity index (χ1) is 5.69. The third kappa shape index (κ3) is 1.68. The summed E-state index contributed by atoms with van der Waals surface area (Å²) in [5, 5.41) is 8.76. The molecule has 0 saturated heterocycles. The summed E-state index contributed by atoms with van der Waals surface area (Å²) in [6, 6.07) is 2.49. The number of aliphatic hydroxyl groups is 1. The molecule has 0 atom stereocenters. The number of halogens is 2. The van der Waals surface area contributed by atoms with E-state index in [1.54, 1.807) is 0 Å². The van der Waals surface area contributed by atoms with E-state index in [-0.39, 0.29) is 11.6 Å². The molecular weight excluding hydrogens is 183 g/mol. The Morgan fingerprint density at radius 3 is 2.75 bits per heavy atom. The fourth-order valence-corrected chi connectivity index (χ4v) is 1.04. The summed E-state index contributed by atoms with van der Waals surface area (Å²) in [7, 11) is 1.43. The standard InChI is InChI=1S/C8H8ClFO2/c1-12-8-3-6(9)7(10)2-5(8)4-11/h2-3,11H,4H2,1H3. The Labute approximate surface area is 74.5 Å². The van der Waals surface area contributed by atoms with Gasteiger partial charge in [-0.25, -0.2) is 4.39 Å². The molecule has 0 spiro atoms. The van der Waals surface area contributed by atoms with Crippen LogP contribution < -0.4 is 4.74 Å². The lowest BCUT2D eigenvalue weighted by Gasteiger charge is -2.06. The van der Waals surface area contributed by atoms with E-state index in [1.165, 1.54) is 13.2 Å². The second-order valence-corrected chi connectivity index (χ2v) is 2.64.